The van der Waals surface area contributed by atoms with E-state index in [1.807, 2.05) is 6.07 Å². The molecule has 1 fully saturated rings. The van der Waals surface area contributed by atoms with Gasteiger partial charge in [-0.1, -0.05) is 0 Å². The molecular weight excluding hydrogens is 271 g/mol. The molecule has 20 heavy (non-hydrogen) atoms. The molecule has 0 N–H and O–H groups in total. The van der Waals surface area contributed by atoms with Crippen LogP contribution in [-0.4, -0.2) is 54.6 Å². The van der Waals surface area contributed by atoms with Crippen LogP contribution in [0.4, 0.5) is 13.2 Å². The van der Waals surface area contributed by atoms with Gasteiger partial charge in [0.15, 0.2) is 0 Å². The van der Waals surface area contributed by atoms with Crippen LogP contribution in [0, 0.1) is 17.2 Å². The summed E-state index contributed by atoms with van der Waals surface area (Å²) in [6.45, 7) is 2.47. The first kappa shape index (κ1) is 16.8. The number of nitrogens with zero attached hydrogens (tertiary/aromatic N) is 3. The number of nitriles is 1. The van der Waals surface area contributed by atoms with Crippen LogP contribution in [-0.2, 0) is 4.79 Å². The van der Waals surface area contributed by atoms with Crippen LogP contribution in [0.5, 0.6) is 0 Å². The molecule has 0 aliphatic carbocycles. The van der Waals surface area contributed by atoms with Crippen molar-refractivity contribution in [3.63, 3.8) is 0 Å². The number of carbonyl (C=O) groups is 1. The molecule has 114 valence electrons. The summed E-state index contributed by atoms with van der Waals surface area (Å²) < 4.78 is 37.6. The van der Waals surface area contributed by atoms with Gasteiger partial charge in [-0.15, -0.1) is 0 Å². The summed E-state index contributed by atoms with van der Waals surface area (Å²) in [7, 11) is 1.62. The molecule has 1 aliphatic rings. The zero-order chi connectivity index (χ0) is 15.3. The molecule has 1 heterocycles. The third kappa shape index (κ3) is 4.67. The first-order valence-corrected chi connectivity index (χ1v) is 6.67. The fourth-order valence-corrected chi connectivity index (χ4v) is 2.24. The molecule has 1 atom stereocenters. The number of piperidine rings is 1. The van der Waals surface area contributed by atoms with Gasteiger partial charge in [0.25, 0.3) is 0 Å². The molecule has 1 aliphatic heterocycles. The molecule has 0 aromatic rings. The predicted octanol–water partition coefficient (Wildman–Crippen LogP) is 2.02. The smallest absolute Gasteiger partial charge is 0.341 e. The number of halogens is 3. The van der Waals surface area contributed by atoms with E-state index < -0.39 is 12.1 Å². The minimum Gasteiger partial charge on any atom is -0.341 e. The Hall–Kier alpha value is -1.29. The standard InChI is InChI=1S/C13H20F3N3O/c1-10(3-6-17)18(2)12(20)9-19-7-4-11(5-8-19)13(14,15)16/h10-11H,3-5,7-9H2,1-2H3. The van der Waals surface area contributed by atoms with Gasteiger partial charge in [-0.05, 0) is 32.9 Å². The van der Waals surface area contributed by atoms with Gasteiger partial charge < -0.3 is 4.90 Å². The number of likely N-dealkylation sites (N-methyl/N-ethyl adjacent to an activating group) is 1. The Morgan fingerprint density at radius 3 is 2.45 bits per heavy atom. The van der Waals surface area contributed by atoms with E-state index in [9.17, 15) is 18.0 Å². The molecule has 4 nitrogen and oxygen atoms in total. The number of hydrogen-bond donors (Lipinski definition) is 0. The summed E-state index contributed by atoms with van der Waals surface area (Å²) in [5, 5.41) is 8.59. The summed E-state index contributed by atoms with van der Waals surface area (Å²) in [5.74, 6) is -1.40. The monoisotopic (exact) mass is 291 g/mol. The summed E-state index contributed by atoms with van der Waals surface area (Å²) in [6.07, 6.45) is -3.78. The number of alkyl halides is 3. The average Bonchev–Trinajstić information content (AvgIpc) is 2.37. The van der Waals surface area contributed by atoms with Crippen LogP contribution in [0.2, 0.25) is 0 Å². The first-order chi connectivity index (χ1) is 9.25. The van der Waals surface area contributed by atoms with E-state index in [2.05, 4.69) is 0 Å². The van der Waals surface area contributed by atoms with Gasteiger partial charge in [-0.2, -0.15) is 18.4 Å². The van der Waals surface area contributed by atoms with Gasteiger partial charge in [0, 0.05) is 13.1 Å². The van der Waals surface area contributed by atoms with E-state index in [-0.39, 0.29) is 50.8 Å². The lowest BCUT2D eigenvalue weighted by molar-refractivity contribution is -0.185. The van der Waals surface area contributed by atoms with Gasteiger partial charge in [0.1, 0.15) is 0 Å². The van der Waals surface area contributed by atoms with E-state index >= 15 is 0 Å². The van der Waals surface area contributed by atoms with Crippen LogP contribution < -0.4 is 0 Å². The SMILES string of the molecule is CC(CC#N)N(C)C(=O)CN1CCC(C(F)(F)F)CC1. The number of rotatable bonds is 4. The summed E-state index contributed by atoms with van der Waals surface area (Å²) in [6, 6.07) is 1.82. The van der Waals surface area contributed by atoms with Crippen LogP contribution in [0.1, 0.15) is 26.2 Å². The second-order valence-corrected chi connectivity index (χ2v) is 5.31. The van der Waals surface area contributed by atoms with Crippen molar-refractivity contribution < 1.29 is 18.0 Å². The molecule has 0 saturated carbocycles. The summed E-state index contributed by atoms with van der Waals surface area (Å²) in [5.41, 5.74) is 0. The van der Waals surface area contributed by atoms with Crippen molar-refractivity contribution in [3.05, 3.63) is 0 Å². The molecule has 0 aromatic carbocycles. The minimum atomic E-state index is -4.13. The fraction of sp³-hybridized carbons (Fsp3) is 0.846. The van der Waals surface area contributed by atoms with Gasteiger partial charge in [-0.3, -0.25) is 9.69 Å². The van der Waals surface area contributed by atoms with Crippen molar-refractivity contribution >= 4 is 5.91 Å². The lowest BCUT2D eigenvalue weighted by atomic mass is 9.96. The highest BCUT2D eigenvalue weighted by Gasteiger charge is 2.41. The predicted molar refractivity (Wildman–Crippen MR) is 67.7 cm³/mol. The second kappa shape index (κ2) is 6.93. The molecule has 0 spiro atoms. The Balaban J connectivity index is 2.40. The highest BCUT2D eigenvalue weighted by molar-refractivity contribution is 5.78. The van der Waals surface area contributed by atoms with Crippen molar-refractivity contribution in [2.45, 2.75) is 38.4 Å². The Bertz CT molecular complexity index is 370. The normalized spacial score (nSPS) is 19.4. The largest absolute Gasteiger partial charge is 0.391 e. The van der Waals surface area contributed by atoms with E-state index in [1.54, 1.807) is 18.9 Å². The molecule has 0 bridgehead atoms. The highest BCUT2D eigenvalue weighted by atomic mass is 19.4. The van der Waals surface area contributed by atoms with E-state index in [4.69, 9.17) is 5.26 Å². The maximum atomic E-state index is 12.5. The summed E-state index contributed by atoms with van der Waals surface area (Å²) >= 11 is 0. The molecule has 7 heteroatoms. The Kier molecular flexibility index (Phi) is 5.81. The Morgan fingerprint density at radius 1 is 1.45 bits per heavy atom. The van der Waals surface area contributed by atoms with Gasteiger partial charge >= 0.3 is 6.18 Å². The first-order valence-electron chi connectivity index (χ1n) is 6.67. The quantitative estimate of drug-likeness (QED) is 0.796. The van der Waals surface area contributed by atoms with Crippen LogP contribution in [0.25, 0.3) is 0 Å². The average molecular weight is 291 g/mol. The third-order valence-corrected chi connectivity index (χ3v) is 3.85. The number of amides is 1. The van der Waals surface area contributed by atoms with Gasteiger partial charge in [0.05, 0.1) is 25.0 Å². The van der Waals surface area contributed by atoms with Crippen molar-refractivity contribution in [1.29, 1.82) is 5.26 Å². The summed E-state index contributed by atoms with van der Waals surface area (Å²) in [4.78, 5) is 15.2. The maximum Gasteiger partial charge on any atom is 0.391 e. The highest BCUT2D eigenvalue weighted by Crippen LogP contribution is 2.33. The van der Waals surface area contributed by atoms with Crippen molar-refractivity contribution in [2.75, 3.05) is 26.7 Å². The Labute approximate surface area is 117 Å². The number of hydrogen-bond acceptors (Lipinski definition) is 3. The lowest BCUT2D eigenvalue weighted by Gasteiger charge is -2.34. The minimum absolute atomic E-state index is 0.0498. The molecule has 1 rings (SSSR count). The zero-order valence-electron chi connectivity index (χ0n) is 11.8. The van der Waals surface area contributed by atoms with Crippen molar-refractivity contribution in [2.24, 2.45) is 5.92 Å². The van der Waals surface area contributed by atoms with Crippen LogP contribution in [0.15, 0.2) is 0 Å². The van der Waals surface area contributed by atoms with Crippen LogP contribution >= 0.6 is 0 Å². The molecule has 1 saturated heterocycles. The van der Waals surface area contributed by atoms with Crippen molar-refractivity contribution in [1.82, 2.24) is 9.80 Å². The third-order valence-electron chi connectivity index (χ3n) is 3.85. The van der Waals surface area contributed by atoms with Gasteiger partial charge in [-0.25, -0.2) is 0 Å². The topological polar surface area (TPSA) is 47.3 Å². The molecular formula is C13H20F3N3O. The van der Waals surface area contributed by atoms with E-state index in [0.29, 0.717) is 0 Å². The maximum absolute atomic E-state index is 12.5. The van der Waals surface area contributed by atoms with Crippen LogP contribution in [0.3, 0.4) is 0 Å². The molecule has 0 radical (unpaired) electrons. The molecule has 0 aromatic heterocycles. The number of likely N-dealkylation sites (tertiary alicyclic amines) is 1. The molecule has 1 amide bonds. The second-order valence-electron chi connectivity index (χ2n) is 5.31. The van der Waals surface area contributed by atoms with E-state index in [1.165, 1.54) is 4.90 Å². The molecule has 1 unspecified atom stereocenters. The fourth-order valence-electron chi connectivity index (χ4n) is 2.24. The van der Waals surface area contributed by atoms with Gasteiger partial charge in [0.2, 0.25) is 5.91 Å². The van der Waals surface area contributed by atoms with E-state index in [0.717, 1.165) is 0 Å². The van der Waals surface area contributed by atoms with Crippen molar-refractivity contribution in [3.8, 4) is 6.07 Å². The number of carbonyl (C=O) groups excluding carboxylic acids is 1. The lowest BCUT2D eigenvalue weighted by Crippen LogP contribution is -2.46. The Morgan fingerprint density at radius 2 is 2.00 bits per heavy atom. The zero-order valence-corrected chi connectivity index (χ0v) is 11.8.